The molecule has 0 radical (unpaired) electrons. The Morgan fingerprint density at radius 3 is 2.57 bits per heavy atom. The van der Waals surface area contributed by atoms with Crippen LogP contribution in [0.15, 0.2) is 60.2 Å². The van der Waals surface area contributed by atoms with E-state index >= 15 is 0 Å². The van der Waals surface area contributed by atoms with E-state index in [1.54, 1.807) is 43.6 Å². The Kier molecular flexibility index (Phi) is 6.33. The number of allylic oxidation sites excluding steroid dienone is 1. The maximum absolute atomic E-state index is 12.3. The molecule has 0 bridgehead atoms. The zero-order valence-corrected chi connectivity index (χ0v) is 17.4. The van der Waals surface area contributed by atoms with Crippen molar-refractivity contribution in [1.82, 2.24) is 14.8 Å². The van der Waals surface area contributed by atoms with E-state index in [1.807, 2.05) is 24.0 Å². The lowest BCUT2D eigenvalue weighted by atomic mass is 9.80. The second kappa shape index (κ2) is 8.93. The van der Waals surface area contributed by atoms with Gasteiger partial charge in [-0.3, -0.25) is 15.5 Å². The van der Waals surface area contributed by atoms with Crippen LogP contribution in [-0.4, -0.2) is 39.1 Å². The van der Waals surface area contributed by atoms with Crippen molar-refractivity contribution in [1.29, 1.82) is 10.7 Å². The molecule has 0 saturated heterocycles. The minimum absolute atomic E-state index is 0.0274. The average Bonchev–Trinajstić information content (AvgIpc) is 2.75. The van der Waals surface area contributed by atoms with Gasteiger partial charge in [-0.15, -0.1) is 0 Å². The first-order chi connectivity index (χ1) is 14.4. The second-order valence-electron chi connectivity index (χ2n) is 6.91. The summed E-state index contributed by atoms with van der Waals surface area (Å²) < 4.78 is 0. The molecular weight excluding hydrogens is 404 g/mol. The summed E-state index contributed by atoms with van der Waals surface area (Å²) in [5, 5.41) is 30.9. The van der Waals surface area contributed by atoms with E-state index in [-0.39, 0.29) is 11.5 Å². The Hall–Kier alpha value is -3.44. The number of benzene rings is 1. The van der Waals surface area contributed by atoms with Gasteiger partial charge in [-0.05, 0) is 24.1 Å². The standard InChI is InChI=1S/C21H21ClN6O2/c1-3-27(13-14-9-10-17(22)25-12-14)21-19(28(29)30)18(15-7-5-4-6-8-15)16(11-23)20(24)26(21)2/h4-10,12,16,18,24H,3,13H2,1-2H3. The maximum Gasteiger partial charge on any atom is 0.295 e. The molecule has 2 heterocycles. The van der Waals surface area contributed by atoms with Gasteiger partial charge in [0.15, 0.2) is 5.82 Å². The van der Waals surface area contributed by atoms with Gasteiger partial charge in [0.05, 0.1) is 11.0 Å². The summed E-state index contributed by atoms with van der Waals surface area (Å²) in [5.41, 5.74) is 1.38. The fourth-order valence-electron chi connectivity index (χ4n) is 3.72. The lowest BCUT2D eigenvalue weighted by molar-refractivity contribution is -0.434. The molecule has 0 aliphatic carbocycles. The van der Waals surface area contributed by atoms with E-state index in [0.29, 0.717) is 29.6 Å². The van der Waals surface area contributed by atoms with E-state index in [4.69, 9.17) is 17.0 Å². The fraction of sp³-hybridized carbons (Fsp3) is 0.286. The molecule has 0 saturated carbocycles. The van der Waals surface area contributed by atoms with Crippen LogP contribution in [0, 0.1) is 32.8 Å². The lowest BCUT2D eigenvalue weighted by Gasteiger charge is -2.39. The molecule has 30 heavy (non-hydrogen) atoms. The van der Waals surface area contributed by atoms with Crippen LogP contribution >= 0.6 is 11.6 Å². The van der Waals surface area contributed by atoms with Crippen molar-refractivity contribution in [3.63, 3.8) is 0 Å². The van der Waals surface area contributed by atoms with Crippen LogP contribution in [0.25, 0.3) is 0 Å². The maximum atomic E-state index is 12.3. The summed E-state index contributed by atoms with van der Waals surface area (Å²) in [4.78, 5) is 19.2. The molecule has 154 valence electrons. The van der Waals surface area contributed by atoms with E-state index in [2.05, 4.69) is 11.1 Å². The fourth-order valence-corrected chi connectivity index (χ4v) is 3.83. The molecule has 1 N–H and O–H groups in total. The number of rotatable bonds is 6. The first kappa shape index (κ1) is 21.3. The molecule has 8 nitrogen and oxygen atoms in total. The van der Waals surface area contributed by atoms with Crippen molar-refractivity contribution in [2.75, 3.05) is 13.6 Å². The van der Waals surface area contributed by atoms with Crippen LogP contribution in [0.4, 0.5) is 0 Å². The monoisotopic (exact) mass is 424 g/mol. The van der Waals surface area contributed by atoms with Crippen molar-refractivity contribution >= 4 is 17.4 Å². The van der Waals surface area contributed by atoms with Crippen molar-refractivity contribution in [3.8, 4) is 6.07 Å². The number of amidine groups is 1. The van der Waals surface area contributed by atoms with Crippen molar-refractivity contribution < 1.29 is 4.92 Å². The Morgan fingerprint density at radius 1 is 1.33 bits per heavy atom. The quantitative estimate of drug-likeness (QED) is 0.428. The Morgan fingerprint density at radius 2 is 2.03 bits per heavy atom. The highest BCUT2D eigenvalue weighted by Gasteiger charge is 2.47. The number of nitriles is 1. The molecule has 1 aliphatic rings. The van der Waals surface area contributed by atoms with Gasteiger partial charge in [0, 0.05) is 26.3 Å². The van der Waals surface area contributed by atoms with Crippen LogP contribution in [0.3, 0.4) is 0 Å². The third-order valence-corrected chi connectivity index (χ3v) is 5.39. The number of halogens is 1. The zero-order valence-electron chi connectivity index (χ0n) is 16.6. The van der Waals surface area contributed by atoms with Crippen molar-refractivity contribution in [2.24, 2.45) is 5.92 Å². The van der Waals surface area contributed by atoms with Gasteiger partial charge in [0.1, 0.15) is 22.8 Å². The van der Waals surface area contributed by atoms with E-state index in [0.717, 1.165) is 5.56 Å². The predicted molar refractivity (Wildman–Crippen MR) is 113 cm³/mol. The lowest BCUT2D eigenvalue weighted by Crippen LogP contribution is -2.47. The van der Waals surface area contributed by atoms with Crippen LogP contribution in [0.2, 0.25) is 5.15 Å². The summed E-state index contributed by atoms with van der Waals surface area (Å²) in [6.07, 6.45) is 1.62. The molecule has 1 aromatic heterocycles. The normalized spacial score (nSPS) is 18.9. The summed E-state index contributed by atoms with van der Waals surface area (Å²) in [6.45, 7) is 2.70. The third-order valence-electron chi connectivity index (χ3n) is 5.17. The zero-order chi connectivity index (χ0) is 21.8. The summed E-state index contributed by atoms with van der Waals surface area (Å²) in [7, 11) is 1.59. The van der Waals surface area contributed by atoms with Crippen LogP contribution in [-0.2, 0) is 6.54 Å². The van der Waals surface area contributed by atoms with Gasteiger partial charge in [-0.25, -0.2) is 4.98 Å². The summed E-state index contributed by atoms with van der Waals surface area (Å²) in [5.74, 6) is -1.47. The minimum atomic E-state index is -0.961. The Labute approximate surface area is 179 Å². The van der Waals surface area contributed by atoms with Gasteiger partial charge in [0.2, 0.25) is 0 Å². The van der Waals surface area contributed by atoms with Gasteiger partial charge >= 0.3 is 0 Å². The molecule has 0 fully saturated rings. The molecule has 1 aliphatic heterocycles. The van der Waals surface area contributed by atoms with Gasteiger partial charge in [0.25, 0.3) is 5.70 Å². The molecule has 0 amide bonds. The van der Waals surface area contributed by atoms with Crippen molar-refractivity contribution in [3.05, 3.63) is 86.6 Å². The SMILES string of the molecule is CCN(Cc1ccc(Cl)nc1)C1=C([N+](=O)[O-])C(c2ccccc2)C(C#N)C(=N)N1C. The van der Waals surface area contributed by atoms with E-state index < -0.39 is 16.8 Å². The van der Waals surface area contributed by atoms with Crippen LogP contribution in [0.1, 0.15) is 24.0 Å². The highest BCUT2D eigenvalue weighted by atomic mass is 35.5. The molecule has 2 aromatic rings. The van der Waals surface area contributed by atoms with Gasteiger partial charge < -0.3 is 9.80 Å². The van der Waals surface area contributed by atoms with E-state index in [9.17, 15) is 15.4 Å². The molecule has 0 spiro atoms. The number of hydrogen-bond acceptors (Lipinski definition) is 6. The summed E-state index contributed by atoms with van der Waals surface area (Å²) >= 11 is 5.87. The van der Waals surface area contributed by atoms with Gasteiger partial charge in [-0.2, -0.15) is 5.26 Å². The molecular formula is C21H21ClN6O2. The number of hydrogen-bond donors (Lipinski definition) is 1. The van der Waals surface area contributed by atoms with Crippen LogP contribution < -0.4 is 0 Å². The Bertz CT molecular complexity index is 1020. The first-order valence-electron chi connectivity index (χ1n) is 9.39. The molecule has 2 unspecified atom stereocenters. The number of nitrogens with zero attached hydrogens (tertiary/aromatic N) is 5. The van der Waals surface area contributed by atoms with Crippen molar-refractivity contribution in [2.45, 2.75) is 19.4 Å². The highest BCUT2D eigenvalue weighted by molar-refractivity contribution is 6.29. The average molecular weight is 425 g/mol. The first-order valence-corrected chi connectivity index (χ1v) is 9.77. The smallest absolute Gasteiger partial charge is 0.295 e. The number of nitro groups is 1. The largest absolute Gasteiger partial charge is 0.348 e. The number of nitrogens with one attached hydrogen (secondary N) is 1. The van der Waals surface area contributed by atoms with Crippen LogP contribution in [0.5, 0.6) is 0 Å². The Balaban J connectivity index is 2.17. The summed E-state index contributed by atoms with van der Waals surface area (Å²) in [6, 6.07) is 14.5. The molecule has 3 rings (SSSR count). The van der Waals surface area contributed by atoms with E-state index in [1.165, 1.54) is 4.90 Å². The van der Waals surface area contributed by atoms with Gasteiger partial charge in [-0.1, -0.05) is 48.0 Å². The number of aromatic nitrogens is 1. The predicted octanol–water partition coefficient (Wildman–Crippen LogP) is 3.85. The molecule has 1 aromatic carbocycles. The second-order valence-corrected chi connectivity index (χ2v) is 7.30. The molecule has 2 atom stereocenters. The molecule has 9 heteroatoms. The highest BCUT2D eigenvalue weighted by Crippen LogP contribution is 2.41. The minimum Gasteiger partial charge on any atom is -0.348 e. The third kappa shape index (κ3) is 3.98. The topological polar surface area (TPSA) is 110 Å². The number of pyridine rings is 1.